The first-order chi connectivity index (χ1) is 15.0. The number of nitrogens with zero attached hydrogens (tertiary/aromatic N) is 4. The molecule has 0 unspecified atom stereocenters. The van der Waals surface area contributed by atoms with Crippen LogP contribution in [0.15, 0.2) is 18.5 Å². The minimum absolute atomic E-state index is 0.0370. The molecule has 2 aromatic heterocycles. The van der Waals surface area contributed by atoms with Crippen molar-refractivity contribution in [2.24, 2.45) is 18.9 Å². The Hall–Kier alpha value is -2.56. The zero-order valence-electron chi connectivity index (χ0n) is 17.6. The van der Waals surface area contributed by atoms with Crippen molar-refractivity contribution in [2.75, 3.05) is 32.8 Å². The second-order valence-corrected chi connectivity index (χ2v) is 8.55. The second-order valence-electron chi connectivity index (χ2n) is 8.55. The van der Waals surface area contributed by atoms with Crippen LogP contribution in [0.1, 0.15) is 29.6 Å². The smallest absolute Gasteiger partial charge is 0.290 e. The Bertz CT molecular complexity index is 949. The van der Waals surface area contributed by atoms with Gasteiger partial charge in [0.1, 0.15) is 5.52 Å². The molecule has 5 heterocycles. The van der Waals surface area contributed by atoms with E-state index in [2.05, 4.69) is 20.3 Å². The number of hydrogen-bond donors (Lipinski definition) is 3. The lowest BCUT2D eigenvalue weighted by molar-refractivity contribution is -0.122. The number of carbonyl (C=O) groups is 2. The summed E-state index contributed by atoms with van der Waals surface area (Å²) in [6, 6.07) is 1.84. The molecule has 3 saturated heterocycles. The van der Waals surface area contributed by atoms with E-state index in [4.69, 9.17) is 19.7 Å². The highest BCUT2D eigenvalue weighted by Gasteiger charge is 2.62. The van der Waals surface area contributed by atoms with Crippen molar-refractivity contribution in [3.05, 3.63) is 24.0 Å². The minimum Gasteiger partial charge on any atom is -0.483 e. The van der Waals surface area contributed by atoms with Gasteiger partial charge in [-0.15, -0.1) is 0 Å². The minimum atomic E-state index is -0.250. The van der Waals surface area contributed by atoms with E-state index in [0.29, 0.717) is 23.9 Å². The van der Waals surface area contributed by atoms with Gasteiger partial charge in [0.2, 0.25) is 0 Å². The van der Waals surface area contributed by atoms with Crippen molar-refractivity contribution in [3.63, 3.8) is 0 Å². The fourth-order valence-corrected chi connectivity index (χ4v) is 5.49. The number of rotatable bonds is 6. The van der Waals surface area contributed by atoms with Crippen molar-refractivity contribution in [3.8, 4) is 0 Å². The van der Waals surface area contributed by atoms with Gasteiger partial charge in [-0.1, -0.05) is 0 Å². The van der Waals surface area contributed by atoms with Gasteiger partial charge in [0.25, 0.3) is 12.4 Å². The van der Waals surface area contributed by atoms with E-state index in [9.17, 15) is 4.79 Å². The summed E-state index contributed by atoms with van der Waals surface area (Å²) in [5.74, 6) is 0.718. The van der Waals surface area contributed by atoms with Crippen LogP contribution in [0, 0.1) is 11.8 Å². The van der Waals surface area contributed by atoms with Crippen LogP contribution in [0.3, 0.4) is 0 Å². The zero-order chi connectivity index (χ0) is 22.0. The monoisotopic (exact) mass is 431 g/mol. The van der Waals surface area contributed by atoms with Crippen molar-refractivity contribution in [2.45, 2.75) is 31.0 Å². The largest absolute Gasteiger partial charge is 0.483 e. The summed E-state index contributed by atoms with van der Waals surface area (Å²) in [5.41, 5.74) is 2.16. The highest BCUT2D eigenvalue weighted by molar-refractivity contribution is 5.96. The molecule has 5 rings (SSSR count). The molecule has 0 aromatic carbocycles. The quantitative estimate of drug-likeness (QED) is 0.556. The Morgan fingerprint density at radius 2 is 2.26 bits per heavy atom. The Morgan fingerprint density at radius 1 is 1.45 bits per heavy atom. The molecule has 10 heteroatoms. The number of nitrogens with one attached hydrogen (secondary N) is 1. The topological polar surface area (TPSA) is 130 Å². The molecule has 4 atom stereocenters. The average molecular weight is 431 g/mol. The molecule has 168 valence electrons. The third-order valence-electron chi connectivity index (χ3n) is 6.85. The molecule has 3 N–H and O–H groups in total. The van der Waals surface area contributed by atoms with E-state index in [0.717, 1.165) is 49.9 Å². The molecule has 31 heavy (non-hydrogen) atoms. The third-order valence-corrected chi connectivity index (χ3v) is 6.85. The zero-order valence-corrected chi connectivity index (χ0v) is 17.6. The number of amides is 1. The predicted molar refractivity (Wildman–Crippen MR) is 111 cm³/mol. The standard InChI is InChI=1S/C20H27N5O3.CH2O2/c1-24-17-7-13(8-21-16(17)10-23-24)19(27)22-9-14-15-11-25(5-2-6-26)12-20(15)4-3-18(14)28-20;2-1-3/h7-8,10,14-15,18,26H,2-6,9,11-12H2,1H3,(H,22,27);1H,(H,2,3)/t14-,15+,18+,20+;/m0./s1. The van der Waals surface area contributed by atoms with E-state index in [1.165, 1.54) is 0 Å². The van der Waals surface area contributed by atoms with Crippen LogP contribution in [0.4, 0.5) is 0 Å². The highest BCUT2D eigenvalue weighted by atomic mass is 16.5. The van der Waals surface area contributed by atoms with Crippen molar-refractivity contribution < 1.29 is 24.5 Å². The number of pyridine rings is 1. The van der Waals surface area contributed by atoms with E-state index in [1.54, 1.807) is 17.1 Å². The number of likely N-dealkylation sites (tertiary alicyclic amines) is 1. The highest BCUT2D eigenvalue weighted by Crippen LogP contribution is 2.54. The number of aromatic nitrogens is 3. The van der Waals surface area contributed by atoms with Crippen molar-refractivity contribution in [1.29, 1.82) is 0 Å². The van der Waals surface area contributed by atoms with Gasteiger partial charge in [0.05, 0.1) is 29.0 Å². The van der Waals surface area contributed by atoms with Crippen LogP contribution < -0.4 is 5.32 Å². The first-order valence-electron chi connectivity index (χ1n) is 10.7. The lowest BCUT2D eigenvalue weighted by Crippen LogP contribution is -2.41. The maximum absolute atomic E-state index is 12.7. The van der Waals surface area contributed by atoms with Crippen LogP contribution in [-0.4, -0.2) is 86.7 Å². The molecule has 2 bridgehead atoms. The first-order valence-corrected chi connectivity index (χ1v) is 10.7. The first kappa shape index (κ1) is 21.7. The summed E-state index contributed by atoms with van der Waals surface area (Å²) in [6.07, 6.45) is 6.56. The third kappa shape index (κ3) is 4.02. The number of carbonyl (C=O) groups excluding carboxylic acids is 1. The van der Waals surface area contributed by atoms with E-state index >= 15 is 0 Å². The Kier molecular flexibility index (Phi) is 6.22. The predicted octanol–water partition coefficient (Wildman–Crippen LogP) is 0.261. The van der Waals surface area contributed by atoms with Gasteiger partial charge in [0.15, 0.2) is 0 Å². The molecule has 3 aliphatic rings. The molecule has 3 fully saturated rings. The molecular formula is C21H29N5O5. The summed E-state index contributed by atoms with van der Waals surface area (Å²) in [5, 5.41) is 23.3. The molecular weight excluding hydrogens is 402 g/mol. The summed E-state index contributed by atoms with van der Waals surface area (Å²) in [6.45, 7) is 3.48. The Morgan fingerprint density at radius 3 is 3.03 bits per heavy atom. The molecule has 0 saturated carbocycles. The van der Waals surface area contributed by atoms with Gasteiger partial charge in [-0.25, -0.2) is 0 Å². The van der Waals surface area contributed by atoms with E-state index < -0.39 is 0 Å². The number of aryl methyl sites for hydroxylation is 1. The van der Waals surface area contributed by atoms with Crippen LogP contribution in [0.25, 0.3) is 11.0 Å². The number of aliphatic hydroxyl groups excluding tert-OH is 1. The fourth-order valence-electron chi connectivity index (χ4n) is 5.49. The lowest BCUT2D eigenvalue weighted by Gasteiger charge is -2.29. The van der Waals surface area contributed by atoms with E-state index in [1.807, 2.05) is 13.1 Å². The molecule has 10 nitrogen and oxygen atoms in total. The average Bonchev–Trinajstić information content (AvgIpc) is 3.50. The number of carboxylic acid groups (broad SMARTS) is 1. The Labute approximate surface area is 180 Å². The summed E-state index contributed by atoms with van der Waals surface area (Å²) >= 11 is 0. The molecule has 3 aliphatic heterocycles. The van der Waals surface area contributed by atoms with Crippen molar-refractivity contribution >= 4 is 23.4 Å². The maximum Gasteiger partial charge on any atom is 0.290 e. The second kappa shape index (κ2) is 8.89. The van der Waals surface area contributed by atoms with Gasteiger partial charge < -0.3 is 20.3 Å². The number of ether oxygens (including phenoxy) is 1. The molecule has 0 radical (unpaired) electrons. The number of hydrogen-bond acceptors (Lipinski definition) is 7. The van der Waals surface area contributed by atoms with Gasteiger partial charge in [-0.3, -0.25) is 24.2 Å². The summed E-state index contributed by atoms with van der Waals surface area (Å²) in [7, 11) is 1.85. The van der Waals surface area contributed by atoms with Crippen LogP contribution in [0.5, 0.6) is 0 Å². The van der Waals surface area contributed by atoms with Crippen molar-refractivity contribution in [1.82, 2.24) is 25.0 Å². The van der Waals surface area contributed by atoms with Gasteiger partial charge in [0, 0.05) is 57.9 Å². The van der Waals surface area contributed by atoms with E-state index in [-0.39, 0.29) is 30.7 Å². The molecule has 1 spiro atoms. The summed E-state index contributed by atoms with van der Waals surface area (Å²) in [4.78, 5) is 27.8. The molecule has 1 amide bonds. The van der Waals surface area contributed by atoms with Gasteiger partial charge in [-0.2, -0.15) is 5.10 Å². The molecule has 2 aromatic rings. The number of aliphatic hydroxyl groups is 1. The van der Waals surface area contributed by atoms with Gasteiger partial charge >= 0.3 is 0 Å². The van der Waals surface area contributed by atoms with Crippen LogP contribution in [-0.2, 0) is 16.6 Å². The number of fused-ring (bicyclic) bond motifs is 2. The van der Waals surface area contributed by atoms with Crippen LogP contribution in [0.2, 0.25) is 0 Å². The normalized spacial score (nSPS) is 28.9. The fraction of sp³-hybridized carbons (Fsp3) is 0.619. The lowest BCUT2D eigenvalue weighted by atomic mass is 9.73. The Balaban J connectivity index is 0.000000730. The molecule has 0 aliphatic carbocycles. The summed E-state index contributed by atoms with van der Waals surface area (Å²) < 4.78 is 8.16. The SMILES string of the molecule is Cn1ncc2ncc(C(=O)NC[C@H]3[C@H]4CN(CCCO)C[C@]45CC[C@H]3O5)cc21.O=CO. The van der Waals surface area contributed by atoms with Gasteiger partial charge in [-0.05, 0) is 25.3 Å². The maximum atomic E-state index is 12.7. The van der Waals surface area contributed by atoms with Crippen LogP contribution >= 0.6 is 0 Å².